The molecule has 2 rings (SSSR count). The Morgan fingerprint density at radius 1 is 1.17 bits per heavy atom. The number of rotatable bonds is 6. The van der Waals surface area contributed by atoms with E-state index in [1.54, 1.807) is 12.1 Å². The Morgan fingerprint density at radius 2 is 1.72 bits per heavy atom. The predicted molar refractivity (Wildman–Crippen MR) is 110 cm³/mol. The van der Waals surface area contributed by atoms with Crippen molar-refractivity contribution >= 4 is 16.1 Å². The van der Waals surface area contributed by atoms with Gasteiger partial charge in [-0.25, -0.2) is 13.2 Å². The average Bonchev–Trinajstić information content (AvgIpc) is 2.62. The molecule has 29 heavy (non-hydrogen) atoms. The van der Waals surface area contributed by atoms with Crippen LogP contribution in [-0.2, 0) is 10.1 Å². The van der Waals surface area contributed by atoms with Crippen LogP contribution < -0.4 is 5.32 Å². The zero-order valence-electron chi connectivity index (χ0n) is 17.6. The first kappa shape index (κ1) is 25.0. The minimum absolute atomic E-state index is 0.0135. The summed E-state index contributed by atoms with van der Waals surface area (Å²) in [5.74, 6) is 0. The largest absolute Gasteiger partial charge is 0.744 e. The summed E-state index contributed by atoms with van der Waals surface area (Å²) in [7, 11) is 1.91. The molecule has 0 atom stereocenters. The van der Waals surface area contributed by atoms with E-state index >= 15 is 0 Å². The molecular weight excluding hydrogens is 396 g/mol. The van der Waals surface area contributed by atoms with Gasteiger partial charge in [-0.15, -0.1) is 4.91 Å². The van der Waals surface area contributed by atoms with E-state index in [0.717, 1.165) is 47.3 Å². The number of nitrogens with one attached hydrogen (secondary N) is 1. The number of carbonyl (C=O) groups is 1. The van der Waals surface area contributed by atoms with Gasteiger partial charge in [-0.3, -0.25) is 0 Å². The lowest BCUT2D eigenvalue weighted by Crippen LogP contribution is -2.47. The van der Waals surface area contributed by atoms with Crippen molar-refractivity contribution in [1.82, 2.24) is 10.3 Å². The standard InChI is InChI=1S/C12H24N4O2.C7H8O3S/c1-16(2,3)10-9-13-12(17)15(14-18)11-7-5-4-6-8-11;1-6-2-4-7(5-3-6)11(8,9)10/h11H,4-10H2,1-3H3;2-5H,1H3,(H,8,9,10). The van der Waals surface area contributed by atoms with Gasteiger partial charge in [-0.1, -0.05) is 37.0 Å². The number of likely N-dealkylation sites (N-methyl/N-ethyl adjacent to an activating group) is 1. The van der Waals surface area contributed by atoms with Gasteiger partial charge in [0.15, 0.2) is 0 Å². The third kappa shape index (κ3) is 9.82. The van der Waals surface area contributed by atoms with Crippen molar-refractivity contribution in [3.8, 4) is 0 Å². The number of benzene rings is 1. The number of nitroso groups, excluding NO2 is 1. The van der Waals surface area contributed by atoms with Gasteiger partial charge >= 0.3 is 6.03 Å². The molecule has 0 bridgehead atoms. The highest BCUT2D eigenvalue weighted by Gasteiger charge is 2.26. The number of amides is 2. The monoisotopic (exact) mass is 428 g/mol. The first-order chi connectivity index (χ1) is 13.4. The average molecular weight is 429 g/mol. The maximum absolute atomic E-state index is 11.9. The van der Waals surface area contributed by atoms with Crippen LogP contribution in [0.25, 0.3) is 0 Å². The van der Waals surface area contributed by atoms with E-state index in [0.29, 0.717) is 6.54 Å². The smallest absolute Gasteiger partial charge is 0.340 e. The van der Waals surface area contributed by atoms with Gasteiger partial charge in [-0.05, 0) is 31.9 Å². The second kappa shape index (κ2) is 11.2. The molecule has 0 aliphatic heterocycles. The zero-order valence-corrected chi connectivity index (χ0v) is 18.4. The van der Waals surface area contributed by atoms with Crippen molar-refractivity contribution in [3.05, 3.63) is 34.7 Å². The fraction of sp³-hybridized carbons (Fsp3) is 0.632. The Morgan fingerprint density at radius 3 is 2.17 bits per heavy atom. The third-order valence-electron chi connectivity index (χ3n) is 4.59. The van der Waals surface area contributed by atoms with Crippen molar-refractivity contribution in [2.45, 2.75) is 50.0 Å². The molecule has 1 aliphatic carbocycles. The number of nitrogens with zero attached hydrogens (tertiary/aromatic N) is 3. The predicted octanol–water partition coefficient (Wildman–Crippen LogP) is 2.62. The molecule has 1 aromatic rings. The highest BCUT2D eigenvalue weighted by molar-refractivity contribution is 7.85. The van der Waals surface area contributed by atoms with Gasteiger partial charge in [0.05, 0.1) is 50.5 Å². The van der Waals surface area contributed by atoms with Gasteiger partial charge in [-0.2, -0.15) is 5.01 Å². The van der Waals surface area contributed by atoms with Crippen LogP contribution in [-0.4, -0.2) is 68.8 Å². The Bertz CT molecular complexity index is 754. The maximum Gasteiger partial charge on any atom is 0.340 e. The van der Waals surface area contributed by atoms with E-state index in [9.17, 15) is 22.7 Å². The minimum Gasteiger partial charge on any atom is -0.744 e. The number of urea groups is 1. The molecule has 0 heterocycles. The summed E-state index contributed by atoms with van der Waals surface area (Å²) in [4.78, 5) is 22.5. The summed E-state index contributed by atoms with van der Waals surface area (Å²) in [6, 6.07) is 5.41. The van der Waals surface area contributed by atoms with E-state index in [-0.39, 0.29) is 17.0 Å². The lowest BCUT2D eigenvalue weighted by atomic mass is 9.95. The summed E-state index contributed by atoms with van der Waals surface area (Å²) in [5.41, 5.74) is 0.928. The van der Waals surface area contributed by atoms with E-state index in [4.69, 9.17) is 0 Å². The molecule has 1 aliphatic rings. The SMILES string of the molecule is C[N+](C)(C)CCNC(=O)N(N=O)C1CCCCC1.Cc1ccc(S(=O)(=O)[O-])cc1. The Kier molecular flexibility index (Phi) is 9.67. The molecule has 1 N–H and O–H groups in total. The van der Waals surface area contributed by atoms with Crippen molar-refractivity contribution in [3.63, 3.8) is 0 Å². The fourth-order valence-corrected chi connectivity index (χ4v) is 3.35. The van der Waals surface area contributed by atoms with Crippen LogP contribution in [0, 0.1) is 11.8 Å². The molecule has 1 fully saturated rings. The summed E-state index contributed by atoms with van der Waals surface area (Å²) in [6.07, 6.45) is 5.10. The molecule has 1 aromatic carbocycles. The van der Waals surface area contributed by atoms with Gasteiger partial charge in [0.25, 0.3) is 0 Å². The van der Waals surface area contributed by atoms with Crippen LogP contribution in [0.4, 0.5) is 4.79 Å². The fourth-order valence-electron chi connectivity index (χ4n) is 2.88. The molecule has 9 nitrogen and oxygen atoms in total. The normalized spacial score (nSPS) is 15.1. The van der Waals surface area contributed by atoms with Crippen LogP contribution in [0.3, 0.4) is 0 Å². The van der Waals surface area contributed by atoms with Crippen LogP contribution in [0.2, 0.25) is 0 Å². The van der Waals surface area contributed by atoms with Gasteiger partial charge in [0.2, 0.25) is 0 Å². The molecule has 2 amide bonds. The summed E-state index contributed by atoms with van der Waals surface area (Å²) < 4.78 is 31.9. The summed E-state index contributed by atoms with van der Waals surface area (Å²) in [6.45, 7) is 3.20. The van der Waals surface area contributed by atoms with Crippen molar-refractivity contribution in [1.29, 1.82) is 0 Å². The number of hydrogen-bond acceptors (Lipinski definition) is 6. The molecule has 0 radical (unpaired) electrons. The molecule has 0 unspecified atom stereocenters. The summed E-state index contributed by atoms with van der Waals surface area (Å²) >= 11 is 0. The number of hydrogen-bond donors (Lipinski definition) is 1. The van der Waals surface area contributed by atoms with Gasteiger partial charge in [0.1, 0.15) is 10.1 Å². The molecule has 0 saturated heterocycles. The van der Waals surface area contributed by atoms with E-state index < -0.39 is 10.1 Å². The van der Waals surface area contributed by atoms with Crippen LogP contribution >= 0.6 is 0 Å². The number of quaternary nitrogens is 1. The molecule has 10 heteroatoms. The minimum atomic E-state index is -4.27. The van der Waals surface area contributed by atoms with Crippen LogP contribution in [0.5, 0.6) is 0 Å². The highest BCUT2D eigenvalue weighted by atomic mass is 32.2. The van der Waals surface area contributed by atoms with Crippen LogP contribution in [0.15, 0.2) is 34.4 Å². The van der Waals surface area contributed by atoms with Crippen molar-refractivity contribution < 1.29 is 22.2 Å². The first-order valence-corrected chi connectivity index (χ1v) is 11.1. The lowest BCUT2D eigenvalue weighted by Gasteiger charge is -2.28. The zero-order chi connectivity index (χ0) is 22.1. The van der Waals surface area contributed by atoms with Gasteiger partial charge < -0.3 is 14.4 Å². The third-order valence-corrected chi connectivity index (χ3v) is 5.43. The quantitative estimate of drug-likeness (QED) is 0.323. The lowest BCUT2D eigenvalue weighted by molar-refractivity contribution is -0.869. The number of aryl methyl sites for hydroxylation is 1. The second-order valence-corrected chi connectivity index (χ2v) is 9.61. The maximum atomic E-state index is 11.9. The number of carbonyl (C=O) groups excluding carboxylic acids is 1. The molecule has 0 spiro atoms. The molecular formula is C19H32N4O5S. The van der Waals surface area contributed by atoms with Crippen LogP contribution in [0.1, 0.15) is 37.7 Å². The Balaban J connectivity index is 0.000000326. The second-order valence-electron chi connectivity index (χ2n) is 8.23. The van der Waals surface area contributed by atoms with Gasteiger partial charge in [0, 0.05) is 0 Å². The van der Waals surface area contributed by atoms with E-state index in [1.165, 1.54) is 18.6 Å². The van der Waals surface area contributed by atoms with E-state index in [1.807, 2.05) is 6.92 Å². The Labute approximate surface area is 173 Å². The Hall–Kier alpha value is -2.04. The van der Waals surface area contributed by atoms with E-state index in [2.05, 4.69) is 31.7 Å². The van der Waals surface area contributed by atoms with Crippen molar-refractivity contribution in [2.75, 3.05) is 34.2 Å². The van der Waals surface area contributed by atoms with Crippen molar-refractivity contribution in [2.24, 2.45) is 5.29 Å². The molecule has 1 saturated carbocycles. The first-order valence-electron chi connectivity index (χ1n) is 9.67. The highest BCUT2D eigenvalue weighted by Crippen LogP contribution is 2.22. The molecule has 0 aromatic heterocycles. The topological polar surface area (TPSA) is 119 Å². The molecule has 164 valence electrons. The summed E-state index contributed by atoms with van der Waals surface area (Å²) in [5, 5.41) is 6.75.